The van der Waals surface area contributed by atoms with Crippen molar-refractivity contribution in [3.8, 4) is 22.3 Å². The Kier molecular flexibility index (Phi) is 6.49. The van der Waals surface area contributed by atoms with Gasteiger partial charge in [-0.2, -0.15) is 4.98 Å². The summed E-state index contributed by atoms with van der Waals surface area (Å²) < 4.78 is 6.58. The van der Waals surface area contributed by atoms with Crippen LogP contribution < -0.4 is 4.90 Å². The molecule has 0 aliphatic carbocycles. The van der Waals surface area contributed by atoms with Gasteiger partial charge in [0, 0.05) is 27.4 Å². The van der Waals surface area contributed by atoms with Gasteiger partial charge in [0.1, 0.15) is 11.4 Å². The number of benzene rings is 8. The number of nitrogens with zero attached hydrogens (tertiary/aromatic N) is 2. The zero-order valence-electron chi connectivity index (χ0n) is 27.1. The molecule has 0 spiro atoms. The summed E-state index contributed by atoms with van der Waals surface area (Å²) in [6, 6.07) is 64.5. The average Bonchev–Trinajstić information content (AvgIpc) is 3.57. The Labute approximate surface area is 289 Å². The number of hydrogen-bond donors (Lipinski definition) is 0. The molecule has 0 aliphatic rings. The second-order valence-corrected chi connectivity index (χ2v) is 12.7. The highest BCUT2D eigenvalue weighted by atomic mass is 16.3. The third kappa shape index (κ3) is 4.56. The van der Waals surface area contributed by atoms with Gasteiger partial charge in [-0.25, -0.2) is 0 Å². The largest absolute Gasteiger partial charge is 0.437 e. The number of para-hydroxylation sites is 1. The van der Waals surface area contributed by atoms with Crippen molar-refractivity contribution in [3.05, 3.63) is 182 Å². The highest BCUT2D eigenvalue weighted by Crippen LogP contribution is 2.44. The summed E-state index contributed by atoms with van der Waals surface area (Å²) in [5.41, 5.74) is 8.21. The molecule has 0 atom stereocenters. The van der Waals surface area contributed by atoms with Crippen LogP contribution in [-0.2, 0) is 0 Å². The van der Waals surface area contributed by atoms with Crippen molar-refractivity contribution in [2.45, 2.75) is 0 Å². The van der Waals surface area contributed by atoms with E-state index in [4.69, 9.17) is 9.40 Å². The number of fused-ring (bicyclic) bond motifs is 7. The molecule has 8 aromatic carbocycles. The summed E-state index contributed by atoms with van der Waals surface area (Å²) in [5.74, 6) is 0.784. The van der Waals surface area contributed by atoms with Crippen LogP contribution in [0.15, 0.2) is 186 Å². The van der Waals surface area contributed by atoms with Gasteiger partial charge >= 0.3 is 0 Å². The van der Waals surface area contributed by atoms with Crippen LogP contribution in [0.25, 0.3) is 76.6 Å². The first-order chi connectivity index (χ1) is 24.8. The van der Waals surface area contributed by atoms with Crippen molar-refractivity contribution in [3.63, 3.8) is 0 Å². The molecule has 2 heterocycles. The molecule has 2 aromatic heterocycles. The monoisotopic (exact) mass is 638 g/mol. The van der Waals surface area contributed by atoms with Crippen molar-refractivity contribution in [2.75, 3.05) is 4.90 Å². The van der Waals surface area contributed by atoms with E-state index in [-0.39, 0.29) is 0 Å². The lowest BCUT2D eigenvalue weighted by molar-refractivity contribution is 0.658. The molecule has 0 aliphatic heterocycles. The van der Waals surface area contributed by atoms with Crippen LogP contribution >= 0.6 is 0 Å². The lowest BCUT2D eigenvalue weighted by Gasteiger charge is -2.27. The van der Waals surface area contributed by atoms with E-state index in [0.29, 0.717) is 5.71 Å². The van der Waals surface area contributed by atoms with Crippen LogP contribution in [0.1, 0.15) is 0 Å². The summed E-state index contributed by atoms with van der Waals surface area (Å²) in [5, 5.41) is 9.20. The second-order valence-electron chi connectivity index (χ2n) is 12.7. The molecule has 0 amide bonds. The van der Waals surface area contributed by atoms with E-state index < -0.39 is 0 Å². The molecule has 0 saturated carbocycles. The first kappa shape index (κ1) is 28.3. The molecule has 3 nitrogen and oxygen atoms in total. The van der Waals surface area contributed by atoms with Gasteiger partial charge in [0.25, 0.3) is 0 Å². The van der Waals surface area contributed by atoms with Gasteiger partial charge in [0.2, 0.25) is 5.71 Å². The Bertz CT molecular complexity index is 2870. The van der Waals surface area contributed by atoms with E-state index in [1.54, 1.807) is 0 Å². The minimum atomic E-state index is 0.619. The van der Waals surface area contributed by atoms with Crippen molar-refractivity contribution in [2.24, 2.45) is 0 Å². The Hall–Kier alpha value is -6.71. The molecular weight excluding hydrogens is 609 g/mol. The van der Waals surface area contributed by atoms with E-state index in [0.717, 1.165) is 49.9 Å². The van der Waals surface area contributed by atoms with Crippen LogP contribution in [0.4, 0.5) is 17.2 Å². The van der Waals surface area contributed by atoms with E-state index in [1.165, 1.54) is 38.2 Å². The first-order valence-electron chi connectivity index (χ1n) is 17.0. The normalized spacial score (nSPS) is 11.6. The van der Waals surface area contributed by atoms with Crippen molar-refractivity contribution in [1.82, 2.24) is 4.98 Å². The van der Waals surface area contributed by atoms with Gasteiger partial charge < -0.3 is 4.42 Å². The maximum atomic E-state index is 6.58. The Morgan fingerprint density at radius 3 is 1.70 bits per heavy atom. The number of rotatable bonds is 5. The molecular formula is C47H30N2O. The molecule has 50 heavy (non-hydrogen) atoms. The van der Waals surface area contributed by atoms with Gasteiger partial charge in [-0.1, -0.05) is 146 Å². The quantitative estimate of drug-likeness (QED) is 0.188. The molecule has 0 unspecified atom stereocenters. The summed E-state index contributed by atoms with van der Waals surface area (Å²) in [7, 11) is 0. The molecule has 0 radical (unpaired) electrons. The summed E-state index contributed by atoms with van der Waals surface area (Å²) in [6.45, 7) is 0. The number of furan rings is 1. The molecule has 0 N–H and O–H groups in total. The fourth-order valence-corrected chi connectivity index (χ4v) is 7.52. The molecule has 0 bridgehead atoms. The van der Waals surface area contributed by atoms with Gasteiger partial charge in [-0.3, -0.25) is 4.90 Å². The lowest BCUT2D eigenvalue weighted by Crippen LogP contribution is -2.12. The number of anilines is 3. The maximum absolute atomic E-state index is 6.58. The zero-order valence-corrected chi connectivity index (χ0v) is 27.1. The second kappa shape index (κ2) is 11.5. The smallest absolute Gasteiger partial charge is 0.229 e. The van der Waals surface area contributed by atoms with Crippen LogP contribution in [-0.4, -0.2) is 4.98 Å². The highest BCUT2D eigenvalue weighted by molar-refractivity contribution is 6.14. The van der Waals surface area contributed by atoms with Crippen molar-refractivity contribution in [1.29, 1.82) is 0 Å². The number of hydrogen-bond acceptors (Lipinski definition) is 3. The van der Waals surface area contributed by atoms with Gasteiger partial charge in [0.05, 0.1) is 5.69 Å². The van der Waals surface area contributed by atoms with E-state index >= 15 is 0 Å². The van der Waals surface area contributed by atoms with Crippen molar-refractivity contribution < 1.29 is 4.42 Å². The fourth-order valence-electron chi connectivity index (χ4n) is 7.52. The van der Waals surface area contributed by atoms with Crippen LogP contribution in [0, 0.1) is 0 Å². The summed E-state index contributed by atoms with van der Waals surface area (Å²) in [4.78, 5) is 7.51. The minimum absolute atomic E-state index is 0.619. The standard InChI is InChI=1S/C47H30N2O/c1-4-16-36-31(11-1)14-9-20-37(36)34-23-26-35(27-24-34)49(44-22-8-7-19-41(44)40-21-10-15-32-12-2-5-17-38(32)40)45-30-29-43-42-28-25-33-13-3-6-18-39(33)46(42)50-47(43)48-45/h1-30H. The van der Waals surface area contributed by atoms with Gasteiger partial charge in [0.15, 0.2) is 0 Å². The van der Waals surface area contributed by atoms with Crippen LogP contribution in [0.2, 0.25) is 0 Å². The van der Waals surface area contributed by atoms with Gasteiger partial charge in [-0.15, -0.1) is 0 Å². The maximum Gasteiger partial charge on any atom is 0.229 e. The molecule has 10 rings (SSSR count). The third-order valence-corrected chi connectivity index (χ3v) is 9.89. The van der Waals surface area contributed by atoms with E-state index in [2.05, 4.69) is 187 Å². The predicted octanol–water partition coefficient (Wildman–Crippen LogP) is 13.2. The van der Waals surface area contributed by atoms with Crippen LogP contribution in [0.3, 0.4) is 0 Å². The molecule has 234 valence electrons. The number of aromatic nitrogens is 1. The number of pyridine rings is 1. The predicted molar refractivity (Wildman–Crippen MR) is 210 cm³/mol. The first-order valence-corrected chi connectivity index (χ1v) is 17.0. The van der Waals surface area contributed by atoms with Gasteiger partial charge in [-0.05, 0) is 80.0 Å². The van der Waals surface area contributed by atoms with Crippen LogP contribution in [0.5, 0.6) is 0 Å². The summed E-state index contributed by atoms with van der Waals surface area (Å²) >= 11 is 0. The Morgan fingerprint density at radius 1 is 0.380 bits per heavy atom. The SMILES string of the molecule is c1ccc(N(c2ccc(-c3cccc4ccccc34)cc2)c2ccc3c(n2)oc2c4ccccc4ccc32)c(-c2cccc3ccccc23)c1. The molecule has 3 heteroatoms. The lowest BCUT2D eigenvalue weighted by atomic mass is 9.96. The minimum Gasteiger partial charge on any atom is -0.437 e. The molecule has 0 fully saturated rings. The van der Waals surface area contributed by atoms with Crippen molar-refractivity contribution >= 4 is 71.6 Å². The fraction of sp³-hybridized carbons (Fsp3) is 0. The van der Waals surface area contributed by atoms with E-state index in [1.807, 2.05) is 0 Å². The Morgan fingerprint density at radius 2 is 0.940 bits per heavy atom. The Balaban J connectivity index is 1.18. The summed E-state index contributed by atoms with van der Waals surface area (Å²) in [6.07, 6.45) is 0. The average molecular weight is 639 g/mol. The zero-order chi connectivity index (χ0) is 33.0. The topological polar surface area (TPSA) is 29.3 Å². The molecule has 10 aromatic rings. The van der Waals surface area contributed by atoms with E-state index in [9.17, 15) is 0 Å². The highest BCUT2D eigenvalue weighted by Gasteiger charge is 2.21. The third-order valence-electron chi connectivity index (χ3n) is 9.89. The molecule has 0 saturated heterocycles.